The van der Waals surface area contributed by atoms with Gasteiger partial charge in [0, 0.05) is 22.6 Å². The highest BCUT2D eigenvalue weighted by Gasteiger charge is 2.21. The maximum Gasteiger partial charge on any atom is 0.249 e. The fourth-order valence-corrected chi connectivity index (χ4v) is 3.74. The van der Waals surface area contributed by atoms with Gasteiger partial charge in [-0.3, -0.25) is 4.79 Å². The summed E-state index contributed by atoms with van der Waals surface area (Å²) in [4.78, 5) is 13.1. The van der Waals surface area contributed by atoms with Gasteiger partial charge < -0.3 is 4.57 Å². The number of Topliss-reactive ketones (excluding diaryl/α,β-unsaturated/α-hetero) is 1. The minimum Gasteiger partial charge on any atom is -0.318 e. The minimum absolute atomic E-state index is 0.0263. The fraction of sp³-hybridized carbons (Fsp3) is 0.130. The number of imidazole rings is 1. The van der Waals surface area contributed by atoms with Crippen molar-refractivity contribution in [3.63, 3.8) is 0 Å². The van der Waals surface area contributed by atoms with E-state index in [9.17, 15) is 9.18 Å². The second-order valence-corrected chi connectivity index (χ2v) is 6.84. The molecule has 0 aliphatic rings. The Balaban J connectivity index is 1.71. The van der Waals surface area contributed by atoms with Gasteiger partial charge in [0.1, 0.15) is 5.82 Å². The van der Waals surface area contributed by atoms with E-state index < -0.39 is 0 Å². The topological polar surface area (TPSA) is 30.8 Å². The molecule has 4 aromatic rings. The highest BCUT2D eigenvalue weighted by atomic mass is 19.1. The number of hydrogen-bond acceptors (Lipinski definition) is 1. The molecule has 0 saturated heterocycles. The van der Waals surface area contributed by atoms with Gasteiger partial charge in [0.2, 0.25) is 12.1 Å². The molecule has 0 aliphatic heterocycles. The Morgan fingerprint density at radius 2 is 1.86 bits per heavy atom. The number of carbonyl (C=O) groups is 1. The molecule has 2 heterocycles. The van der Waals surface area contributed by atoms with Gasteiger partial charge in [0.25, 0.3) is 0 Å². The van der Waals surface area contributed by atoms with Crippen molar-refractivity contribution in [2.75, 3.05) is 0 Å². The van der Waals surface area contributed by atoms with E-state index in [0.29, 0.717) is 5.56 Å². The van der Waals surface area contributed by atoms with Crippen molar-refractivity contribution in [2.45, 2.75) is 20.4 Å². The van der Waals surface area contributed by atoms with Crippen LogP contribution in [0.5, 0.6) is 0 Å². The van der Waals surface area contributed by atoms with E-state index in [2.05, 4.69) is 6.58 Å². The lowest BCUT2D eigenvalue weighted by atomic mass is 10.1. The van der Waals surface area contributed by atoms with Crippen LogP contribution in [0, 0.1) is 19.7 Å². The summed E-state index contributed by atoms with van der Waals surface area (Å²) in [7, 11) is 0. The molecule has 2 aromatic carbocycles. The SMILES string of the molecule is C=Cn1c[n+](CC(=O)c2cc(C)n(-c3ccc(F)cc3)c2C)c2ccccc21. The van der Waals surface area contributed by atoms with Gasteiger partial charge in [-0.2, -0.15) is 0 Å². The van der Waals surface area contributed by atoms with Crippen molar-refractivity contribution >= 4 is 23.0 Å². The van der Waals surface area contributed by atoms with Crippen molar-refractivity contribution in [2.24, 2.45) is 0 Å². The van der Waals surface area contributed by atoms with E-state index in [0.717, 1.165) is 28.1 Å². The van der Waals surface area contributed by atoms with Crippen LogP contribution in [0.3, 0.4) is 0 Å². The van der Waals surface area contributed by atoms with Crippen LogP contribution in [0.4, 0.5) is 4.39 Å². The summed E-state index contributed by atoms with van der Waals surface area (Å²) in [5.74, 6) is -0.254. The third-order valence-electron chi connectivity index (χ3n) is 5.06. The summed E-state index contributed by atoms with van der Waals surface area (Å²) in [6.45, 7) is 7.93. The number of halogens is 1. The zero-order valence-electron chi connectivity index (χ0n) is 15.9. The summed E-state index contributed by atoms with van der Waals surface area (Å²) < 4.78 is 19.1. The van der Waals surface area contributed by atoms with Crippen molar-refractivity contribution in [1.82, 2.24) is 9.13 Å². The number of fused-ring (bicyclic) bond motifs is 1. The van der Waals surface area contributed by atoms with Crippen molar-refractivity contribution < 1.29 is 13.8 Å². The van der Waals surface area contributed by atoms with E-state index in [-0.39, 0.29) is 18.1 Å². The second-order valence-electron chi connectivity index (χ2n) is 6.84. The van der Waals surface area contributed by atoms with Crippen LogP contribution in [0.1, 0.15) is 21.7 Å². The number of ketones is 1. The molecule has 5 heteroatoms. The monoisotopic (exact) mass is 374 g/mol. The number of hydrogen-bond donors (Lipinski definition) is 0. The van der Waals surface area contributed by atoms with Crippen LogP contribution in [-0.2, 0) is 6.54 Å². The van der Waals surface area contributed by atoms with Gasteiger partial charge in [-0.05, 0) is 56.3 Å². The van der Waals surface area contributed by atoms with Crippen LogP contribution < -0.4 is 4.57 Å². The zero-order chi connectivity index (χ0) is 19.8. The van der Waals surface area contributed by atoms with Gasteiger partial charge in [-0.1, -0.05) is 18.7 Å². The molecule has 0 unspecified atom stereocenters. The van der Waals surface area contributed by atoms with Crippen molar-refractivity contribution in [1.29, 1.82) is 0 Å². The van der Waals surface area contributed by atoms with Crippen LogP contribution in [0.25, 0.3) is 22.9 Å². The van der Waals surface area contributed by atoms with Gasteiger partial charge in [0.15, 0.2) is 17.6 Å². The summed E-state index contributed by atoms with van der Waals surface area (Å²) in [6.07, 6.45) is 3.61. The lowest BCUT2D eigenvalue weighted by Crippen LogP contribution is -2.36. The van der Waals surface area contributed by atoms with Gasteiger partial charge >= 0.3 is 0 Å². The van der Waals surface area contributed by atoms with Crippen molar-refractivity contribution in [3.8, 4) is 5.69 Å². The Kier molecular flexibility index (Phi) is 4.43. The smallest absolute Gasteiger partial charge is 0.249 e. The Labute approximate surface area is 162 Å². The number of para-hydroxylation sites is 2. The van der Waals surface area contributed by atoms with Gasteiger partial charge in [-0.25, -0.2) is 13.5 Å². The molecule has 140 valence electrons. The lowest BCUT2D eigenvalue weighted by molar-refractivity contribution is -0.657. The Hall–Kier alpha value is -3.47. The molecule has 4 nitrogen and oxygen atoms in total. The van der Waals surface area contributed by atoms with E-state index in [1.807, 2.05) is 64.2 Å². The highest BCUT2D eigenvalue weighted by Crippen LogP contribution is 2.22. The third kappa shape index (κ3) is 2.95. The summed E-state index contributed by atoms with van der Waals surface area (Å²) in [5.41, 5.74) is 5.27. The molecule has 0 radical (unpaired) electrons. The van der Waals surface area contributed by atoms with Crippen LogP contribution >= 0.6 is 0 Å². The Bertz CT molecular complexity index is 1200. The van der Waals surface area contributed by atoms with E-state index in [1.54, 1.807) is 18.3 Å². The second kappa shape index (κ2) is 6.93. The normalized spacial score (nSPS) is 11.1. The summed E-state index contributed by atoms with van der Waals surface area (Å²) >= 11 is 0. The maximum atomic E-state index is 13.3. The number of nitrogens with zero attached hydrogens (tertiary/aromatic N) is 3. The Morgan fingerprint density at radius 3 is 2.57 bits per heavy atom. The molecule has 0 aliphatic carbocycles. The molecular formula is C23H21FN3O+. The predicted octanol–water partition coefficient (Wildman–Crippen LogP) is 4.46. The molecule has 4 rings (SSSR count). The predicted molar refractivity (Wildman–Crippen MR) is 108 cm³/mol. The lowest BCUT2D eigenvalue weighted by Gasteiger charge is -2.09. The van der Waals surface area contributed by atoms with E-state index in [4.69, 9.17) is 0 Å². The number of carbonyl (C=O) groups excluding carboxylic acids is 1. The average molecular weight is 374 g/mol. The molecule has 0 spiro atoms. The van der Waals surface area contributed by atoms with Gasteiger partial charge in [-0.15, -0.1) is 0 Å². The molecule has 0 N–H and O–H groups in total. The largest absolute Gasteiger partial charge is 0.318 e. The van der Waals surface area contributed by atoms with Crippen LogP contribution in [0.2, 0.25) is 0 Å². The first-order valence-corrected chi connectivity index (χ1v) is 9.09. The van der Waals surface area contributed by atoms with Crippen LogP contribution in [-0.4, -0.2) is 14.9 Å². The number of benzene rings is 2. The molecule has 28 heavy (non-hydrogen) atoms. The Morgan fingerprint density at radius 1 is 1.14 bits per heavy atom. The quantitative estimate of drug-likeness (QED) is 0.375. The van der Waals surface area contributed by atoms with E-state index >= 15 is 0 Å². The molecule has 0 amide bonds. The maximum absolute atomic E-state index is 13.3. The number of aromatic nitrogens is 3. The molecule has 0 saturated carbocycles. The molecule has 0 bridgehead atoms. The molecule has 2 aromatic heterocycles. The zero-order valence-corrected chi connectivity index (χ0v) is 15.9. The first-order chi connectivity index (χ1) is 13.5. The van der Waals surface area contributed by atoms with Gasteiger partial charge in [0.05, 0.1) is 6.20 Å². The summed E-state index contributed by atoms with van der Waals surface area (Å²) in [5, 5.41) is 0. The summed E-state index contributed by atoms with van der Waals surface area (Å²) in [6, 6.07) is 16.1. The van der Waals surface area contributed by atoms with Crippen LogP contribution in [0.15, 0.2) is 67.5 Å². The first kappa shape index (κ1) is 17.9. The minimum atomic E-state index is -0.280. The third-order valence-corrected chi connectivity index (χ3v) is 5.06. The average Bonchev–Trinajstić information content (AvgIpc) is 3.20. The van der Waals surface area contributed by atoms with Crippen molar-refractivity contribution in [3.05, 3.63) is 90.3 Å². The number of aryl methyl sites for hydroxylation is 1. The standard InChI is InChI=1S/C23H21FN3O/c1-4-25-15-26(22-8-6-5-7-21(22)25)14-23(28)20-13-16(2)27(17(20)3)19-11-9-18(24)10-12-19/h4-13,15H,1,14H2,2-3H3/q+1. The molecule has 0 atom stereocenters. The first-order valence-electron chi connectivity index (χ1n) is 9.09. The fourth-order valence-electron chi connectivity index (χ4n) is 3.74. The number of rotatable bonds is 5. The van der Waals surface area contributed by atoms with E-state index in [1.165, 1.54) is 12.1 Å². The highest BCUT2D eigenvalue weighted by molar-refractivity contribution is 5.97. The molecule has 0 fully saturated rings. The molecular weight excluding hydrogens is 353 g/mol.